The van der Waals surface area contributed by atoms with Crippen molar-refractivity contribution in [2.45, 2.75) is 19.8 Å². The van der Waals surface area contributed by atoms with Gasteiger partial charge >= 0.3 is 5.97 Å². The summed E-state index contributed by atoms with van der Waals surface area (Å²) in [5, 5.41) is 7.91. The van der Waals surface area contributed by atoms with Crippen LogP contribution in [-0.2, 0) is 4.79 Å². The summed E-state index contributed by atoms with van der Waals surface area (Å²) < 4.78 is 0. The Morgan fingerprint density at radius 2 is 2.38 bits per heavy atom. The standard InChI is InChI=1S/C5H6N2.C4H8O2/c6-5-2-1-3-7-4-5;1-2-3-4(5)6/h1-4H,6H2;2-3H2,1H3,(H,5,6). The number of pyridine rings is 1. The van der Waals surface area contributed by atoms with Gasteiger partial charge in [-0.05, 0) is 18.6 Å². The second-order valence-corrected chi connectivity index (χ2v) is 2.43. The highest BCUT2D eigenvalue weighted by atomic mass is 16.4. The number of aromatic nitrogens is 1. The zero-order valence-corrected chi connectivity index (χ0v) is 7.60. The Labute approximate surface area is 77.4 Å². The van der Waals surface area contributed by atoms with Gasteiger partial charge in [-0.25, -0.2) is 0 Å². The molecular weight excluding hydrogens is 168 g/mol. The molecule has 0 saturated carbocycles. The monoisotopic (exact) mass is 182 g/mol. The number of nitrogens with zero attached hydrogens (tertiary/aromatic N) is 1. The third-order valence-electron chi connectivity index (χ3n) is 1.15. The van der Waals surface area contributed by atoms with E-state index in [1.54, 1.807) is 24.5 Å². The molecule has 0 fully saturated rings. The normalized spacial score (nSPS) is 8.38. The Kier molecular flexibility index (Phi) is 6.23. The molecule has 4 heteroatoms. The fraction of sp³-hybridized carbons (Fsp3) is 0.333. The summed E-state index contributed by atoms with van der Waals surface area (Å²) in [6.45, 7) is 1.84. The van der Waals surface area contributed by atoms with Gasteiger partial charge in [0.25, 0.3) is 0 Å². The summed E-state index contributed by atoms with van der Waals surface area (Å²) in [5.74, 6) is -0.711. The number of anilines is 1. The van der Waals surface area contributed by atoms with Gasteiger partial charge in [-0.2, -0.15) is 0 Å². The molecule has 1 rings (SSSR count). The lowest BCUT2D eigenvalue weighted by Gasteiger charge is -1.83. The minimum atomic E-state index is -0.711. The fourth-order valence-corrected chi connectivity index (χ4v) is 0.590. The Bertz CT molecular complexity index is 237. The van der Waals surface area contributed by atoms with Crippen LogP contribution in [0, 0.1) is 0 Å². The number of carboxylic acids is 1. The van der Waals surface area contributed by atoms with Crippen LogP contribution in [0.25, 0.3) is 0 Å². The molecule has 0 aliphatic heterocycles. The highest BCUT2D eigenvalue weighted by Gasteiger charge is 1.87. The van der Waals surface area contributed by atoms with Gasteiger partial charge in [-0.3, -0.25) is 9.78 Å². The van der Waals surface area contributed by atoms with Crippen LogP contribution in [0.5, 0.6) is 0 Å². The molecule has 0 saturated heterocycles. The van der Waals surface area contributed by atoms with Crippen LogP contribution in [0.15, 0.2) is 24.5 Å². The molecule has 0 aliphatic carbocycles. The molecule has 0 radical (unpaired) electrons. The van der Waals surface area contributed by atoms with Crippen molar-refractivity contribution in [2.24, 2.45) is 0 Å². The van der Waals surface area contributed by atoms with Crippen LogP contribution >= 0.6 is 0 Å². The zero-order valence-electron chi connectivity index (χ0n) is 7.60. The number of rotatable bonds is 2. The molecule has 0 aliphatic rings. The van der Waals surface area contributed by atoms with Crippen molar-refractivity contribution in [2.75, 3.05) is 5.73 Å². The maximum absolute atomic E-state index is 9.60. The summed E-state index contributed by atoms with van der Waals surface area (Å²) in [7, 11) is 0. The maximum Gasteiger partial charge on any atom is 0.303 e. The van der Waals surface area contributed by atoms with Crippen LogP contribution < -0.4 is 5.73 Å². The van der Waals surface area contributed by atoms with E-state index in [0.717, 1.165) is 6.42 Å². The van der Waals surface area contributed by atoms with E-state index in [-0.39, 0.29) is 0 Å². The van der Waals surface area contributed by atoms with Gasteiger partial charge in [0.2, 0.25) is 0 Å². The van der Waals surface area contributed by atoms with E-state index >= 15 is 0 Å². The lowest BCUT2D eigenvalue weighted by molar-refractivity contribution is -0.137. The molecule has 1 heterocycles. The number of nitrogen functional groups attached to an aromatic ring is 1. The van der Waals surface area contributed by atoms with E-state index in [9.17, 15) is 4.79 Å². The van der Waals surface area contributed by atoms with Crippen molar-refractivity contribution in [3.63, 3.8) is 0 Å². The van der Waals surface area contributed by atoms with E-state index in [1.807, 2.05) is 6.92 Å². The van der Waals surface area contributed by atoms with Gasteiger partial charge in [0.15, 0.2) is 0 Å². The van der Waals surface area contributed by atoms with Crippen molar-refractivity contribution >= 4 is 11.7 Å². The highest BCUT2D eigenvalue weighted by molar-refractivity contribution is 5.66. The Hall–Kier alpha value is -1.58. The van der Waals surface area contributed by atoms with Gasteiger partial charge in [0.1, 0.15) is 0 Å². The molecule has 0 bridgehead atoms. The molecule has 0 atom stereocenters. The first-order chi connectivity index (χ1) is 6.16. The van der Waals surface area contributed by atoms with Crippen LogP contribution in [-0.4, -0.2) is 16.1 Å². The molecule has 0 aromatic carbocycles. The first-order valence-electron chi connectivity index (χ1n) is 4.04. The van der Waals surface area contributed by atoms with Crippen molar-refractivity contribution in [3.8, 4) is 0 Å². The van der Waals surface area contributed by atoms with Crippen LogP contribution in [0.3, 0.4) is 0 Å². The van der Waals surface area contributed by atoms with Gasteiger partial charge in [0, 0.05) is 18.8 Å². The third kappa shape index (κ3) is 8.33. The Balaban J connectivity index is 0.000000226. The molecule has 1 aromatic heterocycles. The summed E-state index contributed by atoms with van der Waals surface area (Å²) in [6.07, 6.45) is 4.33. The quantitative estimate of drug-likeness (QED) is 0.727. The smallest absolute Gasteiger partial charge is 0.303 e. The number of carbonyl (C=O) groups is 1. The molecule has 1 aromatic rings. The summed E-state index contributed by atoms with van der Waals surface area (Å²) in [5.41, 5.74) is 6.01. The predicted molar refractivity (Wildman–Crippen MR) is 51.2 cm³/mol. The van der Waals surface area contributed by atoms with E-state index in [0.29, 0.717) is 12.1 Å². The van der Waals surface area contributed by atoms with E-state index in [1.165, 1.54) is 0 Å². The van der Waals surface area contributed by atoms with Crippen molar-refractivity contribution < 1.29 is 9.90 Å². The van der Waals surface area contributed by atoms with Crippen LogP contribution in [0.4, 0.5) is 5.69 Å². The van der Waals surface area contributed by atoms with Gasteiger partial charge in [0.05, 0.1) is 5.69 Å². The molecular formula is C9H14N2O2. The molecule has 72 valence electrons. The Morgan fingerprint density at radius 3 is 2.54 bits per heavy atom. The van der Waals surface area contributed by atoms with Crippen LogP contribution in [0.1, 0.15) is 19.8 Å². The SMILES string of the molecule is CCCC(=O)O.Nc1cccnc1. The Morgan fingerprint density at radius 1 is 1.69 bits per heavy atom. The number of nitrogens with two attached hydrogens (primary N) is 1. The summed E-state index contributed by atoms with van der Waals surface area (Å²) >= 11 is 0. The molecule has 0 spiro atoms. The summed E-state index contributed by atoms with van der Waals surface area (Å²) in [6, 6.07) is 3.60. The van der Waals surface area contributed by atoms with E-state index in [4.69, 9.17) is 10.8 Å². The number of aliphatic carboxylic acids is 1. The van der Waals surface area contributed by atoms with E-state index < -0.39 is 5.97 Å². The first kappa shape index (κ1) is 11.4. The summed E-state index contributed by atoms with van der Waals surface area (Å²) in [4.78, 5) is 13.4. The number of hydrogen-bond acceptors (Lipinski definition) is 3. The highest BCUT2D eigenvalue weighted by Crippen LogP contribution is 1.92. The lowest BCUT2D eigenvalue weighted by Crippen LogP contribution is -1.90. The van der Waals surface area contributed by atoms with Crippen LogP contribution in [0.2, 0.25) is 0 Å². The number of hydrogen-bond donors (Lipinski definition) is 2. The minimum absolute atomic E-state index is 0.292. The van der Waals surface area contributed by atoms with Crippen molar-refractivity contribution in [3.05, 3.63) is 24.5 Å². The zero-order chi connectivity index (χ0) is 10.1. The molecule has 13 heavy (non-hydrogen) atoms. The fourth-order valence-electron chi connectivity index (χ4n) is 0.590. The molecule has 0 amide bonds. The second kappa shape index (κ2) is 7.09. The van der Waals surface area contributed by atoms with Crippen molar-refractivity contribution in [1.29, 1.82) is 0 Å². The third-order valence-corrected chi connectivity index (χ3v) is 1.15. The molecule has 3 N–H and O–H groups in total. The largest absolute Gasteiger partial charge is 0.481 e. The van der Waals surface area contributed by atoms with E-state index in [2.05, 4.69) is 4.98 Å². The second-order valence-electron chi connectivity index (χ2n) is 2.43. The van der Waals surface area contributed by atoms with Gasteiger partial charge < -0.3 is 10.8 Å². The molecule has 0 unspecified atom stereocenters. The van der Waals surface area contributed by atoms with Gasteiger partial charge in [-0.15, -0.1) is 0 Å². The van der Waals surface area contributed by atoms with Gasteiger partial charge in [-0.1, -0.05) is 6.92 Å². The van der Waals surface area contributed by atoms with Crippen molar-refractivity contribution in [1.82, 2.24) is 4.98 Å². The average Bonchev–Trinajstić information content (AvgIpc) is 2.06. The topological polar surface area (TPSA) is 76.2 Å². The lowest BCUT2D eigenvalue weighted by atomic mass is 10.4. The predicted octanol–water partition coefficient (Wildman–Crippen LogP) is 1.53. The molecule has 4 nitrogen and oxygen atoms in total. The maximum atomic E-state index is 9.60. The first-order valence-corrected chi connectivity index (χ1v) is 4.04. The number of carboxylic acid groups (broad SMARTS) is 1. The minimum Gasteiger partial charge on any atom is -0.481 e. The average molecular weight is 182 g/mol.